The number of benzene rings is 3. The molecule has 6 rings (SSSR count). The summed E-state index contributed by atoms with van der Waals surface area (Å²) >= 11 is 5.28. The number of nitrogens with zero attached hydrogens (tertiary/aromatic N) is 2. The molecule has 3 atom stereocenters. The molecule has 0 spiro atoms. The molecule has 1 saturated heterocycles. The Balaban J connectivity index is 1.38. The molecule has 14 heteroatoms. The number of amides is 3. The SMILES string of the molecule is COc1ccc([C@@H]2c3sc(=O)n(CC(=O)Nc4cccc(C(F)(F)F)c4)c3S[C@H]3C(=O)N(c4ccc(Br)cc4)C(=O)[C@@H]23)cc1. The van der Waals surface area contributed by atoms with Gasteiger partial charge in [-0.05, 0) is 60.2 Å². The van der Waals surface area contributed by atoms with Crippen molar-refractivity contribution in [2.24, 2.45) is 5.92 Å². The van der Waals surface area contributed by atoms with Crippen LogP contribution in [0.3, 0.4) is 0 Å². The molecule has 0 bridgehead atoms. The van der Waals surface area contributed by atoms with Crippen molar-refractivity contribution in [1.82, 2.24) is 4.57 Å². The lowest BCUT2D eigenvalue weighted by atomic mass is 9.83. The van der Waals surface area contributed by atoms with Crippen molar-refractivity contribution in [3.8, 4) is 5.75 Å². The number of rotatable bonds is 6. The number of halogens is 4. The number of imide groups is 1. The Morgan fingerprint density at radius 1 is 1.00 bits per heavy atom. The number of fused-ring (bicyclic) bond motifs is 2. The molecule has 1 fully saturated rings. The topological polar surface area (TPSA) is 97.7 Å². The number of methoxy groups -OCH3 is 1. The van der Waals surface area contributed by atoms with Gasteiger partial charge in [0.1, 0.15) is 17.5 Å². The minimum atomic E-state index is -4.59. The summed E-state index contributed by atoms with van der Waals surface area (Å²) in [6.45, 7) is -0.501. The molecular formula is C30H21BrF3N3O5S2. The van der Waals surface area contributed by atoms with Gasteiger partial charge >= 0.3 is 11.0 Å². The summed E-state index contributed by atoms with van der Waals surface area (Å²) < 4.78 is 46.8. The van der Waals surface area contributed by atoms with Crippen LogP contribution in [-0.4, -0.2) is 34.6 Å². The van der Waals surface area contributed by atoms with Crippen LogP contribution in [0.5, 0.6) is 5.75 Å². The van der Waals surface area contributed by atoms with Crippen LogP contribution in [0.1, 0.15) is 21.9 Å². The van der Waals surface area contributed by atoms with Gasteiger partial charge in [0.25, 0.3) is 0 Å². The van der Waals surface area contributed by atoms with Gasteiger partial charge < -0.3 is 10.1 Å². The number of ether oxygens (including phenoxy) is 1. The van der Waals surface area contributed by atoms with Crippen LogP contribution in [0, 0.1) is 5.92 Å². The molecule has 4 aromatic rings. The third kappa shape index (κ3) is 5.46. The van der Waals surface area contributed by atoms with Crippen molar-refractivity contribution in [2.75, 3.05) is 17.3 Å². The molecule has 1 N–H and O–H groups in total. The third-order valence-corrected chi connectivity index (χ3v) is 10.5. The van der Waals surface area contributed by atoms with E-state index in [1.807, 2.05) is 0 Å². The number of nitrogens with one attached hydrogen (secondary N) is 1. The highest BCUT2D eigenvalue weighted by molar-refractivity contribution is 9.10. The number of carbonyl (C=O) groups is 3. The van der Waals surface area contributed by atoms with E-state index in [1.165, 1.54) is 23.8 Å². The van der Waals surface area contributed by atoms with Crippen molar-refractivity contribution in [2.45, 2.75) is 28.9 Å². The fourth-order valence-electron chi connectivity index (χ4n) is 5.39. The zero-order valence-electron chi connectivity index (χ0n) is 22.6. The smallest absolute Gasteiger partial charge is 0.416 e. The highest BCUT2D eigenvalue weighted by Gasteiger charge is 2.56. The molecule has 3 aromatic carbocycles. The van der Waals surface area contributed by atoms with E-state index in [2.05, 4.69) is 21.2 Å². The van der Waals surface area contributed by atoms with E-state index in [1.54, 1.807) is 48.5 Å². The summed E-state index contributed by atoms with van der Waals surface area (Å²) in [5, 5.41) is 1.90. The number of alkyl halides is 3. The standard InChI is InChI=1S/C30H21BrF3N3O5S2/c1-42-20-11-5-15(6-12-20)22-23-24(27(40)37(26(23)39)19-9-7-17(31)8-10-19)43-28-25(22)44-29(41)36(28)14-21(38)35-18-4-2-3-16(13-18)30(32,33)34/h2-13,22-24H,14H2,1H3,(H,35,38)/t22-,23-,24+/m0/s1. The van der Waals surface area contributed by atoms with Gasteiger partial charge in [-0.3, -0.25) is 23.7 Å². The van der Waals surface area contributed by atoms with Gasteiger partial charge in [-0.25, -0.2) is 4.90 Å². The van der Waals surface area contributed by atoms with Crippen LogP contribution in [0.25, 0.3) is 0 Å². The maximum absolute atomic E-state index is 14.0. The van der Waals surface area contributed by atoms with Gasteiger partial charge in [-0.1, -0.05) is 57.2 Å². The van der Waals surface area contributed by atoms with Gasteiger partial charge in [0.15, 0.2) is 0 Å². The number of thioether (sulfide) groups is 1. The predicted molar refractivity (Wildman–Crippen MR) is 163 cm³/mol. The third-order valence-electron chi connectivity index (χ3n) is 7.38. The Bertz CT molecular complexity index is 1840. The second-order valence-corrected chi connectivity index (χ2v) is 13.1. The predicted octanol–water partition coefficient (Wildman–Crippen LogP) is 6.13. The molecule has 0 radical (unpaired) electrons. The summed E-state index contributed by atoms with van der Waals surface area (Å²) in [4.78, 5) is 55.3. The van der Waals surface area contributed by atoms with E-state index < -0.39 is 58.0 Å². The molecule has 3 amide bonds. The number of anilines is 2. The van der Waals surface area contributed by atoms with Crippen molar-refractivity contribution >= 4 is 68.1 Å². The molecule has 8 nitrogen and oxygen atoms in total. The quantitative estimate of drug-likeness (QED) is 0.243. The summed E-state index contributed by atoms with van der Waals surface area (Å²) in [5.41, 5.74) is 0.0902. The van der Waals surface area contributed by atoms with Crippen LogP contribution in [0.4, 0.5) is 24.5 Å². The fourth-order valence-corrected chi connectivity index (χ4v) is 8.43. The van der Waals surface area contributed by atoms with Crippen LogP contribution in [0.15, 0.2) is 87.1 Å². The number of aromatic nitrogens is 1. The van der Waals surface area contributed by atoms with Gasteiger partial charge in [0, 0.05) is 21.0 Å². The molecule has 226 valence electrons. The molecule has 0 saturated carbocycles. The molecule has 0 aliphatic carbocycles. The lowest BCUT2D eigenvalue weighted by molar-refractivity contribution is -0.137. The molecule has 2 aliphatic heterocycles. The highest BCUT2D eigenvalue weighted by Crippen LogP contribution is 2.54. The number of hydrogen-bond acceptors (Lipinski definition) is 7. The van der Waals surface area contributed by atoms with Gasteiger partial charge in [0.05, 0.1) is 29.3 Å². The summed E-state index contributed by atoms with van der Waals surface area (Å²) in [5.74, 6) is -2.50. The van der Waals surface area contributed by atoms with Crippen molar-refractivity contribution in [3.63, 3.8) is 0 Å². The average molecular weight is 705 g/mol. The monoisotopic (exact) mass is 703 g/mol. The molecule has 0 unspecified atom stereocenters. The molecule has 44 heavy (non-hydrogen) atoms. The zero-order chi connectivity index (χ0) is 31.3. The molecule has 1 aromatic heterocycles. The van der Waals surface area contributed by atoms with E-state index in [9.17, 15) is 32.3 Å². The summed E-state index contributed by atoms with van der Waals surface area (Å²) in [6, 6.07) is 18.0. The van der Waals surface area contributed by atoms with E-state index in [-0.39, 0.29) is 5.69 Å². The lowest BCUT2D eigenvalue weighted by Crippen LogP contribution is -2.33. The Hall–Kier alpha value is -3.88. The minimum Gasteiger partial charge on any atom is -0.497 e. The largest absolute Gasteiger partial charge is 0.497 e. The van der Waals surface area contributed by atoms with Crippen molar-refractivity contribution < 1.29 is 32.3 Å². The second-order valence-electron chi connectivity index (χ2n) is 10.1. The van der Waals surface area contributed by atoms with Crippen molar-refractivity contribution in [3.05, 3.63) is 103 Å². The van der Waals surface area contributed by atoms with Gasteiger partial charge in [0.2, 0.25) is 17.7 Å². The first-order chi connectivity index (χ1) is 21.0. The first-order valence-corrected chi connectivity index (χ1v) is 15.6. The molecule has 2 aliphatic rings. The van der Waals surface area contributed by atoms with E-state index in [4.69, 9.17) is 4.74 Å². The van der Waals surface area contributed by atoms with Crippen molar-refractivity contribution in [1.29, 1.82) is 0 Å². The minimum absolute atomic E-state index is 0.0764. The van der Waals surface area contributed by atoms with Gasteiger partial charge in [-0.2, -0.15) is 13.2 Å². The normalized spacial score (nSPS) is 19.5. The number of thiazole rings is 1. The summed E-state index contributed by atoms with van der Waals surface area (Å²) in [6.07, 6.45) is -4.59. The maximum atomic E-state index is 14.0. The Kier molecular flexibility index (Phi) is 7.92. The second kappa shape index (κ2) is 11.6. The number of carbonyl (C=O) groups excluding carboxylic acids is 3. The average Bonchev–Trinajstić information content (AvgIpc) is 3.43. The Morgan fingerprint density at radius 3 is 2.36 bits per heavy atom. The first kappa shape index (κ1) is 30.2. The lowest BCUT2D eigenvalue weighted by Gasteiger charge is -2.30. The number of hydrogen-bond donors (Lipinski definition) is 1. The van der Waals surface area contributed by atoms with Crippen LogP contribution >= 0.6 is 39.0 Å². The van der Waals surface area contributed by atoms with Crippen LogP contribution in [-0.2, 0) is 27.1 Å². The van der Waals surface area contributed by atoms with E-state index in [0.717, 1.165) is 44.6 Å². The van der Waals surface area contributed by atoms with Crippen LogP contribution < -0.4 is 19.8 Å². The Morgan fingerprint density at radius 2 is 1.70 bits per heavy atom. The Labute approximate surface area is 265 Å². The maximum Gasteiger partial charge on any atom is 0.416 e. The molecule has 3 heterocycles. The molecular weight excluding hydrogens is 683 g/mol. The first-order valence-electron chi connectivity index (χ1n) is 13.1. The van der Waals surface area contributed by atoms with E-state index >= 15 is 0 Å². The van der Waals surface area contributed by atoms with E-state index in [0.29, 0.717) is 26.9 Å². The highest BCUT2D eigenvalue weighted by atomic mass is 79.9. The fraction of sp³-hybridized carbons (Fsp3) is 0.200. The zero-order valence-corrected chi connectivity index (χ0v) is 25.9. The summed E-state index contributed by atoms with van der Waals surface area (Å²) in [7, 11) is 1.52. The van der Waals surface area contributed by atoms with Gasteiger partial charge in [-0.15, -0.1) is 0 Å². The van der Waals surface area contributed by atoms with Crippen LogP contribution in [0.2, 0.25) is 0 Å².